The summed E-state index contributed by atoms with van der Waals surface area (Å²) in [5, 5.41) is 0.375. The maximum atomic E-state index is 6.23. The fourth-order valence-corrected chi connectivity index (χ4v) is 3.99. The van der Waals surface area contributed by atoms with Crippen molar-refractivity contribution in [2.45, 2.75) is 0 Å². The number of benzene rings is 1. The summed E-state index contributed by atoms with van der Waals surface area (Å²) in [6.45, 7) is 0. The number of nitrogens with zero attached hydrogens (tertiary/aromatic N) is 2. The molecule has 2 heterocycles. The van der Waals surface area contributed by atoms with Gasteiger partial charge in [0.2, 0.25) is 0 Å². The molecule has 0 aliphatic heterocycles. The van der Waals surface area contributed by atoms with Crippen molar-refractivity contribution in [2.24, 2.45) is 0 Å². The van der Waals surface area contributed by atoms with Crippen LogP contribution in [0.25, 0.3) is 22.0 Å². The molecule has 1 aromatic carbocycles. The molecule has 0 aliphatic rings. The van der Waals surface area contributed by atoms with Crippen molar-refractivity contribution in [1.29, 1.82) is 0 Å². The Morgan fingerprint density at radius 3 is 2.33 bits per heavy atom. The van der Waals surface area contributed by atoms with E-state index in [1.807, 2.05) is 36.4 Å². The van der Waals surface area contributed by atoms with Crippen molar-refractivity contribution in [1.82, 2.24) is 9.97 Å². The summed E-state index contributed by atoms with van der Waals surface area (Å²) in [7, 11) is 0. The first-order chi connectivity index (χ1) is 10.1. The van der Waals surface area contributed by atoms with Gasteiger partial charge in [0.15, 0.2) is 5.82 Å². The van der Waals surface area contributed by atoms with Crippen LogP contribution in [0, 0.1) is 0 Å². The first-order valence-electron chi connectivity index (χ1n) is 5.80. The van der Waals surface area contributed by atoms with Crippen LogP contribution >= 0.6 is 66.4 Å². The summed E-state index contributed by atoms with van der Waals surface area (Å²) < 4.78 is 2.17. The van der Waals surface area contributed by atoms with Gasteiger partial charge in [-0.2, -0.15) is 0 Å². The van der Waals surface area contributed by atoms with Gasteiger partial charge in [-0.05, 0) is 37.9 Å². The first kappa shape index (κ1) is 15.4. The van der Waals surface area contributed by atoms with E-state index in [1.54, 1.807) is 0 Å². The van der Waals surface area contributed by atoms with Crippen molar-refractivity contribution < 1.29 is 0 Å². The van der Waals surface area contributed by atoms with Crippen LogP contribution in [0.5, 0.6) is 0 Å². The third-order valence-corrected chi connectivity index (χ3v) is 6.45. The molecule has 0 unspecified atom stereocenters. The Labute approximate surface area is 152 Å². The van der Waals surface area contributed by atoms with Gasteiger partial charge in [-0.25, -0.2) is 9.97 Å². The Kier molecular flexibility index (Phi) is 4.66. The average molecular weight is 465 g/mol. The van der Waals surface area contributed by atoms with Crippen molar-refractivity contribution in [3.8, 4) is 22.0 Å². The van der Waals surface area contributed by atoms with E-state index in [1.165, 1.54) is 11.3 Å². The van der Waals surface area contributed by atoms with Gasteiger partial charge >= 0.3 is 0 Å². The Hall–Kier alpha value is -0.460. The molecule has 106 valence electrons. The van der Waals surface area contributed by atoms with Crippen LogP contribution in [0.15, 0.2) is 45.3 Å². The highest BCUT2D eigenvalue weighted by Gasteiger charge is 2.16. The van der Waals surface area contributed by atoms with E-state index in [2.05, 4.69) is 41.8 Å². The molecule has 2 aromatic heterocycles. The van der Waals surface area contributed by atoms with E-state index in [4.69, 9.17) is 23.2 Å². The van der Waals surface area contributed by atoms with Gasteiger partial charge in [0.05, 0.1) is 15.0 Å². The minimum atomic E-state index is 0.375. The summed E-state index contributed by atoms with van der Waals surface area (Å²) in [6, 6.07) is 11.7. The highest BCUT2D eigenvalue weighted by Crippen LogP contribution is 2.39. The Bertz CT molecular complexity index is 787. The second kappa shape index (κ2) is 6.34. The van der Waals surface area contributed by atoms with Crippen LogP contribution in [-0.4, -0.2) is 9.97 Å². The van der Waals surface area contributed by atoms with Crippen molar-refractivity contribution in [3.63, 3.8) is 0 Å². The summed E-state index contributed by atoms with van der Waals surface area (Å²) in [6.07, 6.45) is 0. The van der Waals surface area contributed by atoms with Crippen LogP contribution in [0.3, 0.4) is 0 Å². The molecule has 7 heteroatoms. The number of hydrogen-bond donors (Lipinski definition) is 0. The van der Waals surface area contributed by atoms with E-state index in [0.717, 1.165) is 20.6 Å². The molecule has 0 saturated heterocycles. The third kappa shape index (κ3) is 3.17. The number of rotatable bonds is 2. The minimum absolute atomic E-state index is 0.375. The predicted octanol–water partition coefficient (Wildman–Crippen LogP) is 6.70. The maximum Gasteiger partial charge on any atom is 0.171 e. The molecular weight excluding hydrogens is 459 g/mol. The molecule has 0 saturated carbocycles. The molecule has 2 nitrogen and oxygen atoms in total. The lowest BCUT2D eigenvalue weighted by Crippen LogP contribution is -1.94. The molecule has 0 amide bonds. The SMILES string of the molecule is Clc1nc(-c2cc(Br)c(Cl)s2)nc(-c2ccccc2)c1Br. The number of hydrogen-bond acceptors (Lipinski definition) is 3. The van der Waals surface area contributed by atoms with Gasteiger partial charge in [-0.1, -0.05) is 53.5 Å². The summed E-state index contributed by atoms with van der Waals surface area (Å²) in [5.41, 5.74) is 1.72. The molecule has 0 radical (unpaired) electrons. The van der Waals surface area contributed by atoms with Crippen LogP contribution in [-0.2, 0) is 0 Å². The summed E-state index contributed by atoms with van der Waals surface area (Å²) >= 11 is 20.6. The zero-order chi connectivity index (χ0) is 15.0. The largest absolute Gasteiger partial charge is 0.226 e. The number of thiophene rings is 1. The van der Waals surface area contributed by atoms with E-state index in [0.29, 0.717) is 19.8 Å². The maximum absolute atomic E-state index is 6.23. The van der Waals surface area contributed by atoms with E-state index in [-0.39, 0.29) is 0 Å². The third-order valence-electron chi connectivity index (χ3n) is 2.72. The molecule has 0 bridgehead atoms. The summed E-state index contributed by atoms with van der Waals surface area (Å²) in [5.74, 6) is 0.555. The van der Waals surface area contributed by atoms with Crippen LogP contribution < -0.4 is 0 Å². The summed E-state index contributed by atoms with van der Waals surface area (Å²) in [4.78, 5) is 9.80. The van der Waals surface area contributed by atoms with Crippen molar-refractivity contribution in [2.75, 3.05) is 0 Å². The van der Waals surface area contributed by atoms with E-state index < -0.39 is 0 Å². The molecule has 0 atom stereocenters. The highest BCUT2D eigenvalue weighted by atomic mass is 79.9. The Morgan fingerprint density at radius 2 is 1.71 bits per heavy atom. The Morgan fingerprint density at radius 1 is 1.00 bits per heavy atom. The normalized spacial score (nSPS) is 10.9. The molecule has 21 heavy (non-hydrogen) atoms. The quantitative estimate of drug-likeness (QED) is 0.394. The van der Waals surface area contributed by atoms with Crippen molar-refractivity contribution >= 4 is 66.4 Å². The average Bonchev–Trinajstić information content (AvgIpc) is 2.82. The van der Waals surface area contributed by atoms with Gasteiger partial charge < -0.3 is 0 Å². The van der Waals surface area contributed by atoms with Gasteiger partial charge in [0.25, 0.3) is 0 Å². The van der Waals surface area contributed by atoms with Gasteiger partial charge in [-0.15, -0.1) is 11.3 Å². The van der Waals surface area contributed by atoms with Crippen LogP contribution in [0.1, 0.15) is 0 Å². The van der Waals surface area contributed by atoms with Gasteiger partial charge in [-0.3, -0.25) is 0 Å². The zero-order valence-corrected chi connectivity index (χ0v) is 15.8. The molecule has 0 N–H and O–H groups in total. The molecule has 0 aliphatic carbocycles. The second-order valence-corrected chi connectivity index (χ2v) is 7.76. The fraction of sp³-hybridized carbons (Fsp3) is 0. The standard InChI is InChI=1S/C14H6Br2Cl2N2S/c15-8-6-9(21-13(8)18)14-19-11(10(16)12(17)20-14)7-4-2-1-3-5-7/h1-6H. The van der Waals surface area contributed by atoms with Gasteiger partial charge in [0.1, 0.15) is 9.49 Å². The van der Waals surface area contributed by atoms with Crippen LogP contribution in [0.2, 0.25) is 9.49 Å². The monoisotopic (exact) mass is 462 g/mol. The lowest BCUT2D eigenvalue weighted by molar-refractivity contribution is 1.17. The topological polar surface area (TPSA) is 25.8 Å². The number of aromatic nitrogens is 2. The van der Waals surface area contributed by atoms with E-state index in [9.17, 15) is 0 Å². The Balaban J connectivity index is 2.18. The van der Waals surface area contributed by atoms with E-state index >= 15 is 0 Å². The first-order valence-corrected chi connectivity index (χ1v) is 8.96. The zero-order valence-electron chi connectivity index (χ0n) is 10.3. The second-order valence-electron chi connectivity index (χ2n) is 4.10. The molecule has 0 spiro atoms. The van der Waals surface area contributed by atoms with Crippen molar-refractivity contribution in [3.05, 3.63) is 54.8 Å². The lowest BCUT2D eigenvalue weighted by Gasteiger charge is -2.07. The minimum Gasteiger partial charge on any atom is -0.226 e. The fourth-order valence-electron chi connectivity index (χ4n) is 1.77. The van der Waals surface area contributed by atoms with Gasteiger partial charge in [0, 0.05) is 10.0 Å². The number of halogens is 4. The molecule has 3 rings (SSSR count). The van der Waals surface area contributed by atoms with Crippen LogP contribution in [0.4, 0.5) is 0 Å². The smallest absolute Gasteiger partial charge is 0.171 e. The lowest BCUT2D eigenvalue weighted by atomic mass is 10.1. The molecular formula is C14H6Br2Cl2N2S. The molecule has 0 fully saturated rings. The molecule has 3 aromatic rings. The predicted molar refractivity (Wildman–Crippen MR) is 96.2 cm³/mol. The highest BCUT2D eigenvalue weighted by molar-refractivity contribution is 9.11.